The van der Waals surface area contributed by atoms with Gasteiger partial charge in [-0.05, 0) is 80.9 Å². The van der Waals surface area contributed by atoms with Gasteiger partial charge in [0.1, 0.15) is 18.1 Å². The molecule has 0 saturated heterocycles. The van der Waals surface area contributed by atoms with Crippen LogP contribution in [0.4, 0.5) is 0 Å². The number of carbonyl (C=O) groups excluding carboxylic acids is 1. The van der Waals surface area contributed by atoms with Crippen molar-refractivity contribution in [3.63, 3.8) is 0 Å². The first-order chi connectivity index (χ1) is 16.3. The zero-order valence-corrected chi connectivity index (χ0v) is 21.5. The van der Waals surface area contributed by atoms with Crippen LogP contribution < -0.4 is 14.9 Å². The molecule has 0 radical (unpaired) electrons. The fourth-order valence-electron chi connectivity index (χ4n) is 3.12. The Morgan fingerprint density at radius 2 is 1.74 bits per heavy atom. The SMILES string of the molecule is CC(C)(C)c1ccc(OCCCC(=O)N/N=C/c2ccc(OCc3ccccc3)cc2)c(Br)c1. The molecule has 6 heteroatoms. The number of hydrogen-bond donors (Lipinski definition) is 1. The van der Waals surface area contributed by atoms with Crippen LogP contribution >= 0.6 is 15.9 Å². The Morgan fingerprint density at radius 3 is 2.41 bits per heavy atom. The number of ether oxygens (including phenoxy) is 2. The van der Waals surface area contributed by atoms with Crippen molar-refractivity contribution in [2.45, 2.75) is 45.6 Å². The van der Waals surface area contributed by atoms with Crippen molar-refractivity contribution in [2.24, 2.45) is 5.10 Å². The van der Waals surface area contributed by atoms with E-state index in [1.807, 2.05) is 60.7 Å². The lowest BCUT2D eigenvalue weighted by molar-refractivity contribution is -0.121. The van der Waals surface area contributed by atoms with Crippen LogP contribution in [0.2, 0.25) is 0 Å². The van der Waals surface area contributed by atoms with Gasteiger partial charge in [-0.25, -0.2) is 5.43 Å². The van der Waals surface area contributed by atoms with Gasteiger partial charge in [-0.2, -0.15) is 5.10 Å². The Balaban J connectivity index is 1.35. The highest BCUT2D eigenvalue weighted by atomic mass is 79.9. The third-order valence-corrected chi connectivity index (χ3v) is 5.75. The van der Waals surface area contributed by atoms with Gasteiger partial charge in [-0.3, -0.25) is 4.79 Å². The van der Waals surface area contributed by atoms with E-state index >= 15 is 0 Å². The van der Waals surface area contributed by atoms with Gasteiger partial charge in [0, 0.05) is 6.42 Å². The van der Waals surface area contributed by atoms with Crippen molar-refractivity contribution in [2.75, 3.05) is 6.61 Å². The Bertz CT molecular complexity index is 1090. The molecule has 0 heterocycles. The summed E-state index contributed by atoms with van der Waals surface area (Å²) < 4.78 is 12.5. The number of carbonyl (C=O) groups is 1. The summed E-state index contributed by atoms with van der Waals surface area (Å²) in [6.07, 6.45) is 2.55. The van der Waals surface area contributed by atoms with Gasteiger partial charge < -0.3 is 9.47 Å². The molecule has 0 saturated carbocycles. The Kier molecular flexibility index (Phi) is 9.28. The number of amides is 1. The first-order valence-corrected chi connectivity index (χ1v) is 12.1. The minimum atomic E-state index is -0.148. The number of benzene rings is 3. The fourth-order valence-corrected chi connectivity index (χ4v) is 3.62. The molecular weight excluding hydrogens is 492 g/mol. The number of hydrogen-bond acceptors (Lipinski definition) is 4. The third kappa shape index (κ3) is 8.34. The average molecular weight is 523 g/mol. The summed E-state index contributed by atoms with van der Waals surface area (Å²) in [5.74, 6) is 1.41. The monoisotopic (exact) mass is 522 g/mol. The van der Waals surface area contributed by atoms with Crippen LogP contribution in [-0.4, -0.2) is 18.7 Å². The second kappa shape index (κ2) is 12.4. The first-order valence-electron chi connectivity index (χ1n) is 11.3. The molecule has 1 N–H and O–H groups in total. The highest BCUT2D eigenvalue weighted by Gasteiger charge is 2.15. The van der Waals surface area contributed by atoms with Crippen LogP contribution in [0.25, 0.3) is 0 Å². The summed E-state index contributed by atoms with van der Waals surface area (Å²) in [7, 11) is 0. The molecule has 0 aromatic heterocycles. The smallest absolute Gasteiger partial charge is 0.240 e. The largest absolute Gasteiger partial charge is 0.492 e. The van der Waals surface area contributed by atoms with Gasteiger partial charge in [0.25, 0.3) is 0 Å². The van der Waals surface area contributed by atoms with Gasteiger partial charge >= 0.3 is 0 Å². The van der Waals surface area contributed by atoms with Gasteiger partial charge in [0.2, 0.25) is 5.91 Å². The maximum Gasteiger partial charge on any atom is 0.240 e. The van der Waals surface area contributed by atoms with E-state index in [4.69, 9.17) is 9.47 Å². The lowest BCUT2D eigenvalue weighted by Gasteiger charge is -2.20. The molecule has 0 unspecified atom stereocenters. The van der Waals surface area contributed by atoms with Crippen molar-refractivity contribution in [3.8, 4) is 11.5 Å². The summed E-state index contributed by atoms with van der Waals surface area (Å²) in [6.45, 7) is 7.50. The number of rotatable bonds is 10. The quantitative estimate of drug-likeness (QED) is 0.184. The normalized spacial score (nSPS) is 11.4. The van der Waals surface area contributed by atoms with E-state index < -0.39 is 0 Å². The number of halogens is 1. The maximum atomic E-state index is 12.0. The van der Waals surface area contributed by atoms with Crippen LogP contribution in [0.5, 0.6) is 11.5 Å². The number of hydrazone groups is 1. The Labute approximate surface area is 210 Å². The van der Waals surface area contributed by atoms with Gasteiger partial charge in [-0.1, -0.05) is 57.2 Å². The second-order valence-electron chi connectivity index (χ2n) is 8.98. The van der Waals surface area contributed by atoms with Crippen molar-refractivity contribution in [1.82, 2.24) is 5.43 Å². The molecule has 1 amide bonds. The molecule has 178 valence electrons. The summed E-state index contributed by atoms with van der Waals surface area (Å²) in [4.78, 5) is 12.0. The Morgan fingerprint density at radius 1 is 1.00 bits per heavy atom. The topological polar surface area (TPSA) is 59.9 Å². The van der Waals surface area contributed by atoms with Crippen LogP contribution in [0.15, 0.2) is 82.4 Å². The fraction of sp³-hybridized carbons (Fsp3) is 0.286. The first kappa shape index (κ1) is 25.5. The van der Waals surface area contributed by atoms with E-state index in [0.717, 1.165) is 27.1 Å². The lowest BCUT2D eigenvalue weighted by atomic mass is 9.87. The molecular formula is C28H31BrN2O3. The molecule has 0 aliphatic carbocycles. The standard InChI is InChI=1S/C28H31BrN2O3/c1-28(2,3)23-13-16-26(25(29)18-23)33-17-7-10-27(32)31-30-19-21-11-14-24(15-12-21)34-20-22-8-5-4-6-9-22/h4-6,8-9,11-16,18-19H,7,10,17,20H2,1-3H3,(H,31,32)/b30-19+. The Hall–Kier alpha value is -3.12. The molecule has 3 rings (SSSR count). The van der Waals surface area contributed by atoms with E-state index in [1.165, 1.54) is 5.56 Å². The number of nitrogens with one attached hydrogen (secondary N) is 1. The molecule has 0 aliphatic rings. The summed E-state index contributed by atoms with van der Waals surface area (Å²) in [5.41, 5.74) is 5.87. The molecule has 0 spiro atoms. The molecule has 34 heavy (non-hydrogen) atoms. The molecule has 3 aromatic carbocycles. The molecule has 0 aliphatic heterocycles. The van der Waals surface area contributed by atoms with Crippen molar-refractivity contribution in [3.05, 3.63) is 94.0 Å². The minimum absolute atomic E-state index is 0.0812. The maximum absolute atomic E-state index is 12.0. The highest BCUT2D eigenvalue weighted by Crippen LogP contribution is 2.31. The highest BCUT2D eigenvalue weighted by molar-refractivity contribution is 9.10. The van der Waals surface area contributed by atoms with Crippen LogP contribution in [0, 0.1) is 0 Å². The summed E-state index contributed by atoms with van der Waals surface area (Å²) >= 11 is 3.57. The summed E-state index contributed by atoms with van der Waals surface area (Å²) in [6, 6.07) is 23.7. The molecule has 0 bridgehead atoms. The lowest BCUT2D eigenvalue weighted by Crippen LogP contribution is -2.18. The molecule has 3 aromatic rings. The van der Waals surface area contributed by atoms with Crippen molar-refractivity contribution < 1.29 is 14.3 Å². The second-order valence-corrected chi connectivity index (χ2v) is 9.84. The van der Waals surface area contributed by atoms with E-state index in [1.54, 1.807) is 6.21 Å². The van der Waals surface area contributed by atoms with E-state index in [9.17, 15) is 4.79 Å². The summed E-state index contributed by atoms with van der Waals surface area (Å²) in [5, 5.41) is 4.03. The van der Waals surface area contributed by atoms with Crippen LogP contribution in [-0.2, 0) is 16.8 Å². The third-order valence-electron chi connectivity index (χ3n) is 5.13. The van der Waals surface area contributed by atoms with Gasteiger partial charge in [0.05, 0.1) is 17.3 Å². The zero-order valence-electron chi connectivity index (χ0n) is 19.9. The van der Waals surface area contributed by atoms with Crippen LogP contribution in [0.3, 0.4) is 0 Å². The van der Waals surface area contributed by atoms with Crippen molar-refractivity contribution >= 4 is 28.1 Å². The molecule has 0 atom stereocenters. The van der Waals surface area contributed by atoms with Crippen LogP contribution in [0.1, 0.15) is 50.3 Å². The molecule has 0 fully saturated rings. The van der Waals surface area contributed by atoms with Crippen molar-refractivity contribution in [1.29, 1.82) is 0 Å². The van der Waals surface area contributed by atoms with E-state index in [2.05, 4.69) is 59.4 Å². The van der Waals surface area contributed by atoms with E-state index in [0.29, 0.717) is 26.1 Å². The molecule has 5 nitrogen and oxygen atoms in total. The van der Waals surface area contributed by atoms with Gasteiger partial charge in [0.15, 0.2) is 0 Å². The average Bonchev–Trinajstić information content (AvgIpc) is 2.82. The number of nitrogens with zero attached hydrogens (tertiary/aromatic N) is 1. The predicted octanol–water partition coefficient (Wildman–Crippen LogP) is 6.63. The minimum Gasteiger partial charge on any atom is -0.492 e. The predicted molar refractivity (Wildman–Crippen MR) is 141 cm³/mol. The zero-order chi connectivity index (χ0) is 24.4. The van der Waals surface area contributed by atoms with Gasteiger partial charge in [-0.15, -0.1) is 0 Å². The van der Waals surface area contributed by atoms with E-state index in [-0.39, 0.29) is 11.3 Å².